The predicted molar refractivity (Wildman–Crippen MR) is 126 cm³/mol. The number of rotatable bonds is 11. The molecule has 0 fully saturated rings. The number of hydrogen-bond acceptors (Lipinski definition) is 5. The summed E-state index contributed by atoms with van der Waals surface area (Å²) in [6.45, 7) is 4.79. The van der Waals surface area contributed by atoms with Crippen LogP contribution in [0.3, 0.4) is 0 Å². The molecule has 168 valence electrons. The fourth-order valence-electron chi connectivity index (χ4n) is 3.37. The molecule has 1 N–H and O–H groups in total. The number of nitrogens with zero attached hydrogens (tertiary/aromatic N) is 2. The Morgan fingerprint density at radius 1 is 1.19 bits per heavy atom. The summed E-state index contributed by atoms with van der Waals surface area (Å²) in [6, 6.07) is 11.2. The van der Waals surface area contributed by atoms with Crippen LogP contribution in [-0.4, -0.2) is 33.2 Å². The average Bonchev–Trinajstić information content (AvgIpc) is 3.43. The number of hydrogen-bond donors (Lipinski definition) is 1. The van der Waals surface area contributed by atoms with Crippen molar-refractivity contribution in [2.75, 3.05) is 6.61 Å². The van der Waals surface area contributed by atoms with E-state index in [1.807, 2.05) is 29.6 Å². The van der Waals surface area contributed by atoms with Gasteiger partial charge in [-0.2, -0.15) is 0 Å². The van der Waals surface area contributed by atoms with Crippen LogP contribution >= 0.6 is 11.3 Å². The van der Waals surface area contributed by atoms with Crippen LogP contribution in [0.25, 0.3) is 6.08 Å². The largest absolute Gasteiger partial charge is 0.478 e. The summed E-state index contributed by atoms with van der Waals surface area (Å²) in [4.78, 5) is 29.4. The van der Waals surface area contributed by atoms with E-state index in [-0.39, 0.29) is 5.97 Å². The summed E-state index contributed by atoms with van der Waals surface area (Å²) in [5.74, 6) is -0.345. The number of aryl methyl sites for hydroxylation is 1. The van der Waals surface area contributed by atoms with Crippen molar-refractivity contribution in [3.63, 3.8) is 0 Å². The van der Waals surface area contributed by atoms with Gasteiger partial charge in [-0.25, -0.2) is 14.6 Å². The van der Waals surface area contributed by atoms with Crippen LogP contribution in [0.5, 0.6) is 0 Å². The van der Waals surface area contributed by atoms with E-state index in [2.05, 4.69) is 16.5 Å². The fourth-order valence-corrected chi connectivity index (χ4v) is 4.10. The highest BCUT2D eigenvalue weighted by molar-refractivity contribution is 7.09. The minimum Gasteiger partial charge on any atom is -0.478 e. The van der Waals surface area contributed by atoms with Crippen LogP contribution in [0.15, 0.2) is 53.5 Å². The van der Waals surface area contributed by atoms with Gasteiger partial charge in [0.25, 0.3) is 0 Å². The lowest BCUT2D eigenvalue weighted by atomic mass is 10.1. The van der Waals surface area contributed by atoms with Gasteiger partial charge in [-0.1, -0.05) is 31.5 Å². The van der Waals surface area contributed by atoms with Crippen molar-refractivity contribution in [3.8, 4) is 0 Å². The lowest BCUT2D eigenvalue weighted by Crippen LogP contribution is -2.10. The molecule has 0 aliphatic carbocycles. The highest BCUT2D eigenvalue weighted by Gasteiger charge is 2.15. The number of aliphatic carboxylic acids is 1. The average molecular weight is 453 g/mol. The molecule has 0 spiro atoms. The van der Waals surface area contributed by atoms with E-state index in [1.165, 1.54) is 0 Å². The summed E-state index contributed by atoms with van der Waals surface area (Å²) in [5.41, 5.74) is 2.60. The molecule has 0 aliphatic rings. The third-order valence-electron chi connectivity index (χ3n) is 5.07. The van der Waals surface area contributed by atoms with Gasteiger partial charge >= 0.3 is 11.9 Å². The van der Waals surface area contributed by atoms with E-state index in [0.717, 1.165) is 41.2 Å². The quantitative estimate of drug-likeness (QED) is 0.318. The first-order valence-corrected chi connectivity index (χ1v) is 11.7. The maximum absolute atomic E-state index is 11.9. The summed E-state index contributed by atoms with van der Waals surface area (Å²) in [7, 11) is 0. The summed E-state index contributed by atoms with van der Waals surface area (Å²) >= 11 is 1.55. The molecule has 2 heterocycles. The Balaban J connectivity index is 1.90. The number of carbonyl (C=O) groups excluding carboxylic acids is 1. The van der Waals surface area contributed by atoms with Gasteiger partial charge in [0, 0.05) is 29.8 Å². The molecule has 0 amide bonds. The molecule has 0 aliphatic heterocycles. The Bertz CT molecular complexity index is 1070. The molecular formula is C25H28N2O4S. The van der Waals surface area contributed by atoms with Crippen molar-refractivity contribution in [3.05, 3.63) is 81.1 Å². The van der Waals surface area contributed by atoms with Gasteiger partial charge in [0.2, 0.25) is 0 Å². The number of carboxylic acid groups (broad SMARTS) is 1. The highest BCUT2D eigenvalue weighted by atomic mass is 32.1. The van der Waals surface area contributed by atoms with Crippen molar-refractivity contribution < 1.29 is 19.4 Å². The number of imidazole rings is 1. The Labute approximate surface area is 192 Å². The van der Waals surface area contributed by atoms with Gasteiger partial charge in [0.05, 0.1) is 24.1 Å². The van der Waals surface area contributed by atoms with Gasteiger partial charge in [-0.3, -0.25) is 0 Å². The van der Waals surface area contributed by atoms with Crippen molar-refractivity contribution in [2.45, 2.75) is 46.1 Å². The number of carboxylic acids is 1. The molecule has 0 saturated carbocycles. The molecule has 0 unspecified atom stereocenters. The van der Waals surface area contributed by atoms with Crippen LogP contribution in [0, 0.1) is 0 Å². The molecule has 0 bridgehead atoms. The minimum atomic E-state index is -0.931. The Morgan fingerprint density at radius 3 is 2.59 bits per heavy atom. The molecule has 1 aromatic carbocycles. The molecule has 32 heavy (non-hydrogen) atoms. The third kappa shape index (κ3) is 6.17. The molecule has 3 rings (SSSR count). The number of carbonyl (C=O) groups is 2. The van der Waals surface area contributed by atoms with Crippen molar-refractivity contribution in [1.29, 1.82) is 0 Å². The number of unbranched alkanes of at least 4 members (excludes halogenated alkanes) is 1. The maximum atomic E-state index is 11.9. The first-order chi connectivity index (χ1) is 15.5. The number of aromatic nitrogens is 2. The van der Waals surface area contributed by atoms with Gasteiger partial charge in [-0.05, 0) is 48.6 Å². The van der Waals surface area contributed by atoms with Crippen LogP contribution in [0.2, 0.25) is 0 Å². The molecule has 7 heteroatoms. The second-order valence-electron chi connectivity index (χ2n) is 7.44. The van der Waals surface area contributed by atoms with E-state index in [0.29, 0.717) is 30.7 Å². The zero-order valence-corrected chi connectivity index (χ0v) is 19.2. The fraction of sp³-hybridized carbons (Fsp3) is 0.320. The zero-order chi connectivity index (χ0) is 22.9. The molecular weight excluding hydrogens is 424 g/mol. The van der Waals surface area contributed by atoms with Crippen LogP contribution in [-0.2, 0) is 28.9 Å². The normalized spacial score (nSPS) is 11.5. The lowest BCUT2D eigenvalue weighted by Gasteiger charge is -2.12. The maximum Gasteiger partial charge on any atom is 0.338 e. The third-order valence-corrected chi connectivity index (χ3v) is 5.95. The van der Waals surface area contributed by atoms with Crippen LogP contribution < -0.4 is 0 Å². The second-order valence-corrected chi connectivity index (χ2v) is 8.47. The van der Waals surface area contributed by atoms with Crippen LogP contribution in [0.1, 0.15) is 59.0 Å². The lowest BCUT2D eigenvalue weighted by molar-refractivity contribution is -0.132. The standard InChI is InChI=1S/C25H28N2O4S/c1-3-5-8-23-26-16-21(14-20(24(28)29)15-22-7-6-13-32-22)27(23)17-18-9-11-19(12-10-18)25(30)31-4-2/h6-7,9-14,16H,3-5,8,15,17H2,1-2H3,(H,28,29)/b20-14+. The monoisotopic (exact) mass is 452 g/mol. The Hall–Kier alpha value is -3.19. The van der Waals surface area contributed by atoms with Crippen molar-refractivity contribution >= 4 is 29.4 Å². The summed E-state index contributed by atoms with van der Waals surface area (Å²) in [5, 5.41) is 11.7. The summed E-state index contributed by atoms with van der Waals surface area (Å²) in [6.07, 6.45) is 6.70. The second kappa shape index (κ2) is 11.4. The van der Waals surface area contributed by atoms with Gasteiger partial charge in [-0.15, -0.1) is 11.3 Å². The number of esters is 1. The van der Waals surface area contributed by atoms with Crippen LogP contribution in [0.4, 0.5) is 0 Å². The number of ether oxygens (including phenoxy) is 1. The number of benzene rings is 1. The van der Waals surface area contributed by atoms with Gasteiger partial charge in [0.15, 0.2) is 0 Å². The summed E-state index contributed by atoms with van der Waals surface area (Å²) < 4.78 is 7.11. The predicted octanol–water partition coefficient (Wildman–Crippen LogP) is 5.22. The Morgan fingerprint density at radius 2 is 1.97 bits per heavy atom. The van der Waals surface area contributed by atoms with Gasteiger partial charge < -0.3 is 14.4 Å². The van der Waals surface area contributed by atoms with E-state index in [1.54, 1.807) is 42.7 Å². The van der Waals surface area contributed by atoms with E-state index in [4.69, 9.17) is 4.74 Å². The van der Waals surface area contributed by atoms with E-state index < -0.39 is 5.97 Å². The molecule has 6 nitrogen and oxygen atoms in total. The molecule has 0 saturated heterocycles. The molecule has 0 radical (unpaired) electrons. The van der Waals surface area contributed by atoms with Gasteiger partial charge in [0.1, 0.15) is 5.82 Å². The van der Waals surface area contributed by atoms with Crippen molar-refractivity contribution in [1.82, 2.24) is 9.55 Å². The van der Waals surface area contributed by atoms with Crippen molar-refractivity contribution in [2.24, 2.45) is 0 Å². The zero-order valence-electron chi connectivity index (χ0n) is 18.4. The molecule has 2 aromatic heterocycles. The first kappa shape index (κ1) is 23.5. The smallest absolute Gasteiger partial charge is 0.338 e. The van der Waals surface area contributed by atoms with E-state index >= 15 is 0 Å². The highest BCUT2D eigenvalue weighted by Crippen LogP contribution is 2.20. The molecule has 3 aromatic rings. The topological polar surface area (TPSA) is 81.4 Å². The first-order valence-electron chi connectivity index (χ1n) is 10.8. The molecule has 0 atom stereocenters. The van der Waals surface area contributed by atoms with E-state index in [9.17, 15) is 14.7 Å². The Kier molecular flexibility index (Phi) is 8.39. The number of thiophene rings is 1. The minimum absolute atomic E-state index is 0.327. The SMILES string of the molecule is CCCCc1ncc(/C=C(\Cc2cccs2)C(=O)O)n1Cc1ccc(C(=O)OCC)cc1.